The first kappa shape index (κ1) is 39.8. The van der Waals surface area contributed by atoms with E-state index in [-0.39, 0.29) is 11.4 Å². The van der Waals surface area contributed by atoms with Gasteiger partial charge in [0.25, 0.3) is 0 Å². The largest absolute Gasteiger partial charge is 0.455 e. The van der Waals surface area contributed by atoms with E-state index in [2.05, 4.69) is 21.6 Å². The van der Waals surface area contributed by atoms with E-state index in [1.54, 1.807) is 0 Å². The fourth-order valence-electron chi connectivity index (χ4n) is 3.82. The summed E-state index contributed by atoms with van der Waals surface area (Å²) in [6.45, 7) is -1.20. The van der Waals surface area contributed by atoms with Gasteiger partial charge >= 0.3 is 53.9 Å². The number of alkyl halides is 16. The van der Waals surface area contributed by atoms with Gasteiger partial charge in [-0.1, -0.05) is 44.7 Å². The number of halogens is 16. The maximum absolute atomic E-state index is 14.0. The van der Waals surface area contributed by atoms with Gasteiger partial charge in [0.05, 0.1) is 5.56 Å². The molecule has 0 aliphatic heterocycles. The fourth-order valence-corrected chi connectivity index (χ4v) is 3.82. The molecule has 4 nitrogen and oxygen atoms in total. The molecular formula is C27H24F16N2O2. The molecule has 0 N–H and O–H groups in total. The first-order valence-electron chi connectivity index (χ1n) is 13.3. The van der Waals surface area contributed by atoms with Crippen molar-refractivity contribution in [3.63, 3.8) is 0 Å². The van der Waals surface area contributed by atoms with Crippen LogP contribution < -0.4 is 0 Å². The topological polar surface area (TPSA) is 52.1 Å². The van der Waals surface area contributed by atoms with Crippen LogP contribution in [0.25, 0.3) is 11.4 Å². The minimum absolute atomic E-state index is 0.0997. The van der Waals surface area contributed by atoms with Crippen molar-refractivity contribution in [3.8, 4) is 11.4 Å². The summed E-state index contributed by atoms with van der Waals surface area (Å²) in [4.78, 5) is 20.3. The SMILES string of the molecule is CCCCCCCc1cnc(-c2ccc(C(=O)OCC(F)(F)C(F)(F)C(F)(F)C(F)(F)C(F)(F)C(F)(F)C(F)(F)C(F)F)cc2)nc1. The zero-order valence-corrected chi connectivity index (χ0v) is 23.7. The number of unbranched alkanes of at least 4 members (excludes halogenated alkanes) is 4. The van der Waals surface area contributed by atoms with Crippen molar-refractivity contribution < 1.29 is 79.8 Å². The van der Waals surface area contributed by atoms with Crippen LogP contribution in [-0.2, 0) is 11.2 Å². The molecule has 47 heavy (non-hydrogen) atoms. The number of benzene rings is 1. The van der Waals surface area contributed by atoms with Crippen LogP contribution in [0.3, 0.4) is 0 Å². The van der Waals surface area contributed by atoms with Crippen LogP contribution in [0, 0.1) is 0 Å². The highest BCUT2D eigenvalue weighted by molar-refractivity contribution is 5.90. The highest BCUT2D eigenvalue weighted by atomic mass is 19.4. The van der Waals surface area contributed by atoms with Crippen molar-refractivity contribution >= 4 is 5.97 Å². The summed E-state index contributed by atoms with van der Waals surface area (Å²) in [5, 5.41) is 0. The predicted molar refractivity (Wildman–Crippen MR) is 131 cm³/mol. The summed E-state index contributed by atoms with van der Waals surface area (Å²) in [7, 11) is 0. The Morgan fingerprint density at radius 3 is 1.64 bits per heavy atom. The van der Waals surface area contributed by atoms with E-state index >= 15 is 0 Å². The van der Waals surface area contributed by atoms with Crippen molar-refractivity contribution in [2.24, 2.45) is 0 Å². The van der Waals surface area contributed by atoms with E-state index in [4.69, 9.17) is 0 Å². The highest BCUT2D eigenvalue weighted by Gasteiger charge is 2.93. The van der Waals surface area contributed by atoms with Gasteiger partial charge in [-0.2, -0.15) is 61.5 Å². The Bertz CT molecular complexity index is 1330. The van der Waals surface area contributed by atoms with Crippen LogP contribution in [0.15, 0.2) is 36.7 Å². The molecule has 266 valence electrons. The number of aryl methyl sites for hydroxylation is 1. The lowest BCUT2D eigenvalue weighted by atomic mass is 9.89. The van der Waals surface area contributed by atoms with Gasteiger partial charge in [0, 0.05) is 18.0 Å². The van der Waals surface area contributed by atoms with Crippen molar-refractivity contribution in [1.29, 1.82) is 0 Å². The van der Waals surface area contributed by atoms with Crippen LogP contribution in [0.1, 0.15) is 54.9 Å². The molecular weight excluding hydrogens is 688 g/mol. The Hall–Kier alpha value is -3.35. The quantitative estimate of drug-likeness (QED) is 0.0932. The second-order valence-corrected chi connectivity index (χ2v) is 10.2. The molecule has 2 rings (SSSR count). The van der Waals surface area contributed by atoms with Crippen molar-refractivity contribution in [2.75, 3.05) is 6.61 Å². The molecule has 1 aromatic carbocycles. The van der Waals surface area contributed by atoms with E-state index in [9.17, 15) is 75.0 Å². The number of hydrogen-bond acceptors (Lipinski definition) is 4. The third-order valence-electron chi connectivity index (χ3n) is 6.77. The van der Waals surface area contributed by atoms with Gasteiger partial charge in [-0.25, -0.2) is 23.5 Å². The van der Waals surface area contributed by atoms with Crippen LogP contribution in [0.4, 0.5) is 70.2 Å². The number of hydrogen-bond donors (Lipinski definition) is 0. The Morgan fingerprint density at radius 2 is 1.15 bits per heavy atom. The molecule has 20 heteroatoms. The third-order valence-corrected chi connectivity index (χ3v) is 6.77. The van der Waals surface area contributed by atoms with Gasteiger partial charge in [0.15, 0.2) is 12.4 Å². The molecule has 0 aliphatic rings. The summed E-state index contributed by atoms with van der Waals surface area (Å²) >= 11 is 0. The molecule has 0 bridgehead atoms. The van der Waals surface area contributed by atoms with E-state index < -0.39 is 66.0 Å². The summed E-state index contributed by atoms with van der Waals surface area (Å²) < 4.78 is 219. The van der Waals surface area contributed by atoms with Crippen LogP contribution in [0.5, 0.6) is 0 Å². The van der Waals surface area contributed by atoms with Crippen molar-refractivity contribution in [2.45, 2.75) is 93.3 Å². The molecule has 0 aliphatic carbocycles. The number of aromatic nitrogens is 2. The highest BCUT2D eigenvalue weighted by Crippen LogP contribution is 2.62. The zero-order chi connectivity index (χ0) is 36.3. The smallest absolute Gasteiger partial charge is 0.385 e. The monoisotopic (exact) mass is 712 g/mol. The van der Waals surface area contributed by atoms with E-state index in [0.717, 1.165) is 61.9 Å². The lowest BCUT2D eigenvalue weighted by Crippen LogP contribution is -2.74. The number of rotatable bonds is 17. The van der Waals surface area contributed by atoms with Gasteiger partial charge in [0.2, 0.25) is 0 Å². The Balaban J connectivity index is 2.18. The van der Waals surface area contributed by atoms with Gasteiger partial charge < -0.3 is 4.74 Å². The average molecular weight is 712 g/mol. The third kappa shape index (κ3) is 7.39. The summed E-state index contributed by atoms with van der Waals surface area (Å²) in [5.41, 5.74) is 0.272. The predicted octanol–water partition coefficient (Wildman–Crippen LogP) is 9.53. The first-order valence-corrected chi connectivity index (χ1v) is 13.3. The minimum Gasteiger partial charge on any atom is -0.455 e. The standard InChI is InChI=1S/C27H24F16N2O2/c1-2-3-4-5-6-7-15-12-44-18(45-13-15)16-8-10-17(11-9-16)19(46)47-14-21(30,31)23(34,35)25(38,39)27(42,43)26(40,41)24(36,37)22(32,33)20(28)29/h8-13,20H,2-7,14H2,1H3. The zero-order valence-electron chi connectivity index (χ0n) is 23.7. The molecule has 0 saturated carbocycles. The number of carbonyl (C=O) groups is 1. The number of ether oxygens (including phenoxy) is 1. The number of carbonyl (C=O) groups excluding carboxylic acids is 1. The molecule has 0 unspecified atom stereocenters. The molecule has 1 aromatic heterocycles. The van der Waals surface area contributed by atoms with Crippen LogP contribution in [-0.4, -0.2) is 70.4 Å². The summed E-state index contributed by atoms with van der Waals surface area (Å²) in [6, 6.07) is 3.81. The van der Waals surface area contributed by atoms with Crippen molar-refractivity contribution in [3.05, 3.63) is 47.8 Å². The average Bonchev–Trinajstić information content (AvgIpc) is 2.99. The molecule has 0 amide bonds. The molecule has 0 fully saturated rings. The lowest BCUT2D eigenvalue weighted by molar-refractivity contribution is -0.447. The second kappa shape index (κ2) is 14.0. The summed E-state index contributed by atoms with van der Waals surface area (Å²) in [6.07, 6.45) is 2.86. The molecule has 0 saturated heterocycles. The number of esters is 1. The molecule has 1 heterocycles. The van der Waals surface area contributed by atoms with Gasteiger partial charge in [-0.3, -0.25) is 0 Å². The number of nitrogens with zero attached hydrogens (tertiary/aromatic N) is 2. The van der Waals surface area contributed by atoms with Gasteiger partial charge in [-0.15, -0.1) is 0 Å². The maximum Gasteiger partial charge on any atom is 0.385 e. The summed E-state index contributed by atoms with van der Waals surface area (Å²) in [5.74, 6) is -57.5. The van der Waals surface area contributed by atoms with E-state index in [1.807, 2.05) is 0 Å². The molecule has 0 atom stereocenters. The molecule has 0 spiro atoms. The normalized spacial score (nSPS) is 14.1. The Morgan fingerprint density at radius 1 is 0.681 bits per heavy atom. The maximum atomic E-state index is 14.0. The van der Waals surface area contributed by atoms with Crippen molar-refractivity contribution in [1.82, 2.24) is 9.97 Å². The van der Waals surface area contributed by atoms with E-state index in [0.29, 0.717) is 6.42 Å². The lowest BCUT2D eigenvalue weighted by Gasteiger charge is -2.42. The Kier molecular flexibility index (Phi) is 11.9. The van der Waals surface area contributed by atoms with Gasteiger partial charge in [0.1, 0.15) is 0 Å². The fraction of sp³-hybridized carbons (Fsp3) is 0.593. The molecule has 2 aromatic rings. The van der Waals surface area contributed by atoms with Gasteiger partial charge in [-0.05, 0) is 30.5 Å². The Labute approximate surface area is 255 Å². The minimum atomic E-state index is -8.52. The van der Waals surface area contributed by atoms with Crippen LogP contribution in [0.2, 0.25) is 0 Å². The first-order chi connectivity index (χ1) is 21.3. The molecule has 0 radical (unpaired) electrons. The van der Waals surface area contributed by atoms with E-state index in [1.165, 1.54) is 12.4 Å². The second-order valence-electron chi connectivity index (χ2n) is 10.2. The van der Waals surface area contributed by atoms with Crippen LogP contribution >= 0.6 is 0 Å².